The Hall–Kier alpha value is -1.62. The van der Waals surface area contributed by atoms with E-state index in [1.807, 2.05) is 24.6 Å². The summed E-state index contributed by atoms with van der Waals surface area (Å²) in [6.07, 6.45) is 4.81. The van der Waals surface area contributed by atoms with E-state index >= 15 is 0 Å². The summed E-state index contributed by atoms with van der Waals surface area (Å²) < 4.78 is 1.79. The van der Waals surface area contributed by atoms with Gasteiger partial charge < -0.3 is 5.32 Å². The minimum Gasteiger partial charge on any atom is -0.323 e. The molecular weight excluding hydrogens is 234 g/mol. The van der Waals surface area contributed by atoms with Crippen LogP contribution >= 0.6 is 11.3 Å². The lowest BCUT2D eigenvalue weighted by Crippen LogP contribution is -2.11. The fourth-order valence-corrected chi connectivity index (χ4v) is 2.22. The van der Waals surface area contributed by atoms with Crippen molar-refractivity contribution in [1.29, 1.82) is 0 Å². The summed E-state index contributed by atoms with van der Waals surface area (Å²) in [7, 11) is 0. The first-order valence-corrected chi connectivity index (χ1v) is 6.55. The van der Waals surface area contributed by atoms with Gasteiger partial charge in [0, 0.05) is 19.2 Å². The highest BCUT2D eigenvalue weighted by Gasteiger charge is 2.04. The molecule has 0 saturated heterocycles. The third kappa shape index (κ3) is 3.42. The van der Waals surface area contributed by atoms with E-state index in [-0.39, 0.29) is 5.91 Å². The smallest absolute Gasteiger partial charge is 0.224 e. The van der Waals surface area contributed by atoms with Crippen LogP contribution in [0.3, 0.4) is 0 Å². The molecule has 1 amide bonds. The minimum absolute atomic E-state index is 0.0341. The lowest BCUT2D eigenvalue weighted by Gasteiger charge is -2.01. The van der Waals surface area contributed by atoms with Crippen LogP contribution in [-0.4, -0.2) is 15.7 Å². The first kappa shape index (κ1) is 11.9. The molecule has 2 aromatic rings. The van der Waals surface area contributed by atoms with Crippen molar-refractivity contribution in [3.63, 3.8) is 0 Å². The molecule has 5 heteroatoms. The van der Waals surface area contributed by atoms with Gasteiger partial charge in [0.1, 0.15) is 0 Å². The van der Waals surface area contributed by atoms with Crippen LogP contribution in [0.1, 0.15) is 18.9 Å². The van der Waals surface area contributed by atoms with Gasteiger partial charge in [-0.05, 0) is 35.7 Å². The van der Waals surface area contributed by atoms with Gasteiger partial charge in [0.05, 0.1) is 11.9 Å². The largest absolute Gasteiger partial charge is 0.323 e. The zero-order valence-electron chi connectivity index (χ0n) is 9.72. The van der Waals surface area contributed by atoms with Gasteiger partial charge in [-0.1, -0.05) is 0 Å². The Balaban J connectivity index is 1.81. The zero-order chi connectivity index (χ0) is 12.1. The molecule has 0 radical (unpaired) electrons. The molecule has 0 aliphatic carbocycles. The summed E-state index contributed by atoms with van der Waals surface area (Å²) in [6.45, 7) is 2.82. The standard InChI is InChI=1S/C12H15N3OS/c1-2-15-8-11(7-13-15)14-12(16)4-3-10-5-6-17-9-10/h5-9H,2-4H2,1H3,(H,14,16). The molecule has 0 bridgehead atoms. The van der Waals surface area contributed by atoms with Crippen molar-refractivity contribution >= 4 is 22.9 Å². The molecule has 0 fully saturated rings. The molecule has 2 heterocycles. The normalized spacial score (nSPS) is 10.4. The van der Waals surface area contributed by atoms with Gasteiger partial charge in [0.2, 0.25) is 5.91 Å². The average Bonchev–Trinajstić information content (AvgIpc) is 2.97. The van der Waals surface area contributed by atoms with E-state index in [2.05, 4.69) is 15.8 Å². The Bertz CT molecular complexity index is 476. The Kier molecular flexibility index (Phi) is 3.93. The number of aryl methyl sites for hydroxylation is 2. The summed E-state index contributed by atoms with van der Waals surface area (Å²) in [5.74, 6) is 0.0341. The van der Waals surface area contributed by atoms with Crippen molar-refractivity contribution in [1.82, 2.24) is 9.78 Å². The van der Waals surface area contributed by atoms with E-state index in [0.29, 0.717) is 6.42 Å². The SMILES string of the molecule is CCn1cc(NC(=O)CCc2ccsc2)cn1. The van der Waals surface area contributed by atoms with Crippen molar-refractivity contribution < 1.29 is 4.79 Å². The fraction of sp³-hybridized carbons (Fsp3) is 0.333. The molecule has 2 aromatic heterocycles. The lowest BCUT2D eigenvalue weighted by molar-refractivity contribution is -0.116. The van der Waals surface area contributed by atoms with Gasteiger partial charge in [-0.3, -0.25) is 9.48 Å². The van der Waals surface area contributed by atoms with Gasteiger partial charge in [-0.2, -0.15) is 16.4 Å². The lowest BCUT2D eigenvalue weighted by atomic mass is 10.2. The number of rotatable bonds is 5. The second-order valence-electron chi connectivity index (χ2n) is 3.76. The molecule has 0 aliphatic rings. The monoisotopic (exact) mass is 249 g/mol. The summed E-state index contributed by atoms with van der Waals surface area (Å²) in [6, 6.07) is 2.05. The number of anilines is 1. The number of hydrogen-bond donors (Lipinski definition) is 1. The second kappa shape index (κ2) is 5.63. The number of nitrogens with zero attached hydrogens (tertiary/aromatic N) is 2. The Labute approximate surface area is 104 Å². The number of carbonyl (C=O) groups excluding carboxylic acids is 1. The maximum Gasteiger partial charge on any atom is 0.224 e. The highest BCUT2D eigenvalue weighted by molar-refractivity contribution is 7.07. The number of nitrogens with one attached hydrogen (secondary N) is 1. The Morgan fingerprint density at radius 1 is 1.59 bits per heavy atom. The van der Waals surface area contributed by atoms with Crippen LogP contribution in [0.25, 0.3) is 0 Å². The summed E-state index contributed by atoms with van der Waals surface area (Å²) in [4.78, 5) is 11.7. The second-order valence-corrected chi connectivity index (χ2v) is 4.54. The quantitative estimate of drug-likeness (QED) is 0.885. The van der Waals surface area contributed by atoms with Crippen LogP contribution in [0.15, 0.2) is 29.2 Å². The number of amides is 1. The molecule has 17 heavy (non-hydrogen) atoms. The van der Waals surface area contributed by atoms with Crippen LogP contribution in [0.2, 0.25) is 0 Å². The van der Waals surface area contributed by atoms with Crippen LogP contribution < -0.4 is 5.32 Å². The molecule has 1 N–H and O–H groups in total. The first-order valence-electron chi connectivity index (χ1n) is 5.61. The molecule has 0 unspecified atom stereocenters. The Morgan fingerprint density at radius 2 is 2.47 bits per heavy atom. The zero-order valence-corrected chi connectivity index (χ0v) is 10.5. The van der Waals surface area contributed by atoms with Crippen molar-refractivity contribution in [2.45, 2.75) is 26.3 Å². The number of carbonyl (C=O) groups is 1. The molecule has 90 valence electrons. The van der Waals surface area contributed by atoms with E-state index in [4.69, 9.17) is 0 Å². The van der Waals surface area contributed by atoms with Gasteiger partial charge in [-0.15, -0.1) is 0 Å². The molecular formula is C12H15N3OS. The number of thiophene rings is 1. The maximum absolute atomic E-state index is 11.7. The van der Waals surface area contributed by atoms with Gasteiger partial charge in [-0.25, -0.2) is 0 Å². The third-order valence-corrected chi connectivity index (χ3v) is 3.19. The van der Waals surface area contributed by atoms with Gasteiger partial charge in [0.25, 0.3) is 0 Å². The molecule has 0 saturated carbocycles. The van der Waals surface area contributed by atoms with Crippen molar-refractivity contribution in [3.05, 3.63) is 34.8 Å². The summed E-state index contributed by atoms with van der Waals surface area (Å²) in [5, 5.41) is 11.0. The van der Waals surface area contributed by atoms with Crippen LogP contribution in [0.5, 0.6) is 0 Å². The summed E-state index contributed by atoms with van der Waals surface area (Å²) >= 11 is 1.66. The predicted octanol–water partition coefficient (Wildman–Crippen LogP) is 2.54. The molecule has 0 aliphatic heterocycles. The van der Waals surface area contributed by atoms with E-state index in [0.717, 1.165) is 18.7 Å². The van der Waals surface area contributed by atoms with Gasteiger partial charge in [0.15, 0.2) is 0 Å². The predicted molar refractivity (Wildman–Crippen MR) is 69.2 cm³/mol. The highest BCUT2D eigenvalue weighted by Crippen LogP contribution is 2.10. The van der Waals surface area contributed by atoms with Crippen molar-refractivity contribution in [2.24, 2.45) is 0 Å². The maximum atomic E-state index is 11.7. The van der Waals surface area contributed by atoms with Gasteiger partial charge >= 0.3 is 0 Å². The minimum atomic E-state index is 0.0341. The number of aromatic nitrogens is 2. The third-order valence-electron chi connectivity index (χ3n) is 2.46. The van der Waals surface area contributed by atoms with E-state index in [1.165, 1.54) is 5.56 Å². The Morgan fingerprint density at radius 3 is 3.12 bits per heavy atom. The summed E-state index contributed by atoms with van der Waals surface area (Å²) in [5.41, 5.74) is 1.98. The molecule has 0 atom stereocenters. The molecule has 0 spiro atoms. The van der Waals surface area contributed by atoms with E-state index in [9.17, 15) is 4.79 Å². The first-order chi connectivity index (χ1) is 8.28. The van der Waals surface area contributed by atoms with E-state index in [1.54, 1.807) is 22.2 Å². The highest BCUT2D eigenvalue weighted by atomic mass is 32.1. The van der Waals surface area contributed by atoms with Crippen molar-refractivity contribution in [3.8, 4) is 0 Å². The van der Waals surface area contributed by atoms with Crippen LogP contribution in [0.4, 0.5) is 5.69 Å². The van der Waals surface area contributed by atoms with Crippen LogP contribution in [0, 0.1) is 0 Å². The average molecular weight is 249 g/mol. The van der Waals surface area contributed by atoms with E-state index < -0.39 is 0 Å². The van der Waals surface area contributed by atoms with Crippen LogP contribution in [-0.2, 0) is 17.8 Å². The number of hydrogen-bond acceptors (Lipinski definition) is 3. The molecule has 4 nitrogen and oxygen atoms in total. The molecule has 0 aromatic carbocycles. The van der Waals surface area contributed by atoms with Crippen molar-refractivity contribution in [2.75, 3.05) is 5.32 Å². The fourth-order valence-electron chi connectivity index (χ4n) is 1.52. The topological polar surface area (TPSA) is 46.9 Å². The molecule has 2 rings (SSSR count).